The molecule has 472 valence electrons. The largest absolute Gasteiger partial charge is 0.472 e. The predicted octanol–water partition coefficient (Wildman–Crippen LogP) is 22.2. The molecule has 0 spiro atoms. The zero-order valence-electron chi connectivity index (χ0n) is 54.1. The van der Waals surface area contributed by atoms with Crippen molar-refractivity contribution < 1.29 is 32.9 Å². The molecule has 0 aromatic rings. The average Bonchev–Trinajstić information content (AvgIpc) is 3.42. The van der Waals surface area contributed by atoms with Crippen molar-refractivity contribution in [1.29, 1.82) is 0 Å². The second-order valence-corrected chi connectivity index (χ2v) is 26.7. The number of carbonyl (C=O) groups excluding carboxylic acids is 1. The number of phosphoric acid groups is 1. The molecular formula is C71H138N2O6P+. The lowest BCUT2D eigenvalue weighted by atomic mass is 10.0. The van der Waals surface area contributed by atoms with Crippen LogP contribution in [0.3, 0.4) is 0 Å². The number of rotatable bonds is 65. The van der Waals surface area contributed by atoms with Gasteiger partial charge >= 0.3 is 7.82 Å². The van der Waals surface area contributed by atoms with Gasteiger partial charge in [0.05, 0.1) is 39.9 Å². The summed E-state index contributed by atoms with van der Waals surface area (Å²) in [6.07, 6.45) is 84.1. The third-order valence-corrected chi connectivity index (χ3v) is 17.0. The topological polar surface area (TPSA) is 105 Å². The van der Waals surface area contributed by atoms with Crippen molar-refractivity contribution in [2.45, 2.75) is 360 Å². The molecule has 9 heteroatoms. The van der Waals surface area contributed by atoms with Gasteiger partial charge in [0.25, 0.3) is 0 Å². The lowest BCUT2D eigenvalue weighted by Crippen LogP contribution is -2.45. The first kappa shape index (κ1) is 78.5. The van der Waals surface area contributed by atoms with Crippen LogP contribution in [-0.2, 0) is 18.4 Å². The Morgan fingerprint density at radius 2 is 0.688 bits per heavy atom. The van der Waals surface area contributed by atoms with Gasteiger partial charge in [0.1, 0.15) is 13.2 Å². The second-order valence-electron chi connectivity index (χ2n) is 25.2. The van der Waals surface area contributed by atoms with Crippen molar-refractivity contribution in [3.63, 3.8) is 0 Å². The summed E-state index contributed by atoms with van der Waals surface area (Å²) in [5.41, 5.74) is 0. The molecule has 0 aliphatic heterocycles. The van der Waals surface area contributed by atoms with Gasteiger partial charge in [-0.15, -0.1) is 0 Å². The van der Waals surface area contributed by atoms with E-state index in [1.807, 2.05) is 27.2 Å². The van der Waals surface area contributed by atoms with Crippen molar-refractivity contribution in [2.75, 3.05) is 40.9 Å². The van der Waals surface area contributed by atoms with Crippen LogP contribution >= 0.6 is 7.82 Å². The molecule has 0 rings (SSSR count). The Balaban J connectivity index is 4.09. The molecule has 0 radical (unpaired) electrons. The molecule has 0 bridgehead atoms. The Morgan fingerprint density at radius 1 is 0.412 bits per heavy atom. The first-order chi connectivity index (χ1) is 39.0. The molecule has 0 aliphatic carbocycles. The van der Waals surface area contributed by atoms with Crippen LogP contribution in [0.2, 0.25) is 0 Å². The van der Waals surface area contributed by atoms with Crippen molar-refractivity contribution in [2.24, 2.45) is 0 Å². The molecule has 3 N–H and O–H groups in total. The Morgan fingerprint density at radius 3 is 1.00 bits per heavy atom. The van der Waals surface area contributed by atoms with Crippen LogP contribution in [0.15, 0.2) is 48.6 Å². The maximum atomic E-state index is 13.0. The fourth-order valence-corrected chi connectivity index (χ4v) is 11.3. The van der Waals surface area contributed by atoms with Crippen molar-refractivity contribution in [3.8, 4) is 0 Å². The number of nitrogens with one attached hydrogen (secondary N) is 1. The van der Waals surface area contributed by atoms with Gasteiger partial charge in [-0.3, -0.25) is 13.8 Å². The van der Waals surface area contributed by atoms with Crippen LogP contribution in [0, 0.1) is 0 Å². The number of carbonyl (C=O) groups is 1. The van der Waals surface area contributed by atoms with E-state index in [9.17, 15) is 19.4 Å². The minimum absolute atomic E-state index is 0.0542. The first-order valence-corrected chi connectivity index (χ1v) is 36.5. The monoisotopic (exact) mass is 1150 g/mol. The fourth-order valence-electron chi connectivity index (χ4n) is 10.5. The smallest absolute Gasteiger partial charge is 0.387 e. The van der Waals surface area contributed by atoms with Gasteiger partial charge in [-0.1, -0.05) is 319 Å². The lowest BCUT2D eigenvalue weighted by Gasteiger charge is -2.25. The molecule has 0 aromatic heterocycles. The summed E-state index contributed by atoms with van der Waals surface area (Å²) < 4.78 is 23.8. The molecule has 80 heavy (non-hydrogen) atoms. The third kappa shape index (κ3) is 64.0. The second kappa shape index (κ2) is 62.0. The normalized spacial score (nSPS) is 13.9. The number of nitrogens with zero attached hydrogens (tertiary/aromatic N) is 1. The van der Waals surface area contributed by atoms with Crippen molar-refractivity contribution in [1.82, 2.24) is 5.32 Å². The highest BCUT2D eigenvalue weighted by molar-refractivity contribution is 7.47. The van der Waals surface area contributed by atoms with Gasteiger partial charge in [-0.25, -0.2) is 4.57 Å². The number of hydrogen-bond acceptors (Lipinski definition) is 5. The number of quaternary nitrogens is 1. The molecule has 0 aliphatic rings. The van der Waals surface area contributed by atoms with E-state index in [1.165, 1.54) is 283 Å². The van der Waals surface area contributed by atoms with Crippen LogP contribution in [0.4, 0.5) is 0 Å². The SMILES string of the molecule is CCCCCCCCCCCCCC/C=C\CCCCCCCCCCCCCCCCCCCC(=O)NC(COP(=O)(O)OCC[N+](C)(C)C)C(O)/C=C/CC/C=C/CC/C=C/CCCCCCCCCCCCCCCCC. The molecule has 8 nitrogen and oxygen atoms in total. The molecule has 3 atom stereocenters. The van der Waals surface area contributed by atoms with E-state index < -0.39 is 20.0 Å². The summed E-state index contributed by atoms with van der Waals surface area (Å²) in [4.78, 5) is 23.4. The molecular weight excluding hydrogens is 1010 g/mol. The number of likely N-dealkylation sites (N-methyl/N-ethyl adjacent to an activating group) is 1. The summed E-state index contributed by atoms with van der Waals surface area (Å²) in [5.74, 6) is -0.185. The van der Waals surface area contributed by atoms with Crippen LogP contribution in [-0.4, -0.2) is 73.4 Å². The molecule has 0 heterocycles. The van der Waals surface area contributed by atoms with Gasteiger partial charge in [0, 0.05) is 6.42 Å². The first-order valence-electron chi connectivity index (χ1n) is 35.0. The predicted molar refractivity (Wildman–Crippen MR) is 351 cm³/mol. The summed E-state index contributed by atoms with van der Waals surface area (Å²) in [5, 5.41) is 14.0. The van der Waals surface area contributed by atoms with Crippen molar-refractivity contribution in [3.05, 3.63) is 48.6 Å². The van der Waals surface area contributed by atoms with Crippen LogP contribution in [0.5, 0.6) is 0 Å². The van der Waals surface area contributed by atoms with Crippen LogP contribution in [0.1, 0.15) is 348 Å². The Kier molecular flexibility index (Phi) is 60.8. The highest BCUT2D eigenvalue weighted by atomic mass is 31.2. The van der Waals surface area contributed by atoms with Gasteiger partial charge in [-0.2, -0.15) is 0 Å². The Labute approximate surface area is 499 Å². The molecule has 1 amide bonds. The zero-order valence-corrected chi connectivity index (χ0v) is 55.0. The number of allylic oxidation sites excluding steroid dienone is 7. The standard InChI is InChI=1S/C71H137N2O6P/c1-6-8-10-12-14-16-18-20-22-24-26-28-30-32-33-34-35-36-37-38-39-41-43-45-47-49-51-53-55-57-59-61-63-65-71(75)72-69(68-79-80(76,77)78-67-66-73(3,4)5)70(74)64-62-60-58-56-54-52-50-48-46-44-42-40-31-29-27-25-23-21-19-17-15-13-11-9-7-2/h32-33,46,48,54,56,62,64,69-70,74H,6-31,34-45,47,49-53,55,57-61,63,65-68H2,1-5H3,(H-,72,75,76,77)/p+1/b33-32-,48-46+,56-54+,64-62+. The van der Waals surface area contributed by atoms with E-state index in [-0.39, 0.29) is 19.1 Å². The van der Waals surface area contributed by atoms with E-state index in [0.29, 0.717) is 17.4 Å². The quantitative estimate of drug-likeness (QED) is 0.0243. The molecule has 0 saturated carbocycles. The van der Waals surface area contributed by atoms with E-state index >= 15 is 0 Å². The number of phosphoric ester groups is 1. The highest BCUT2D eigenvalue weighted by Crippen LogP contribution is 2.43. The number of hydrogen-bond donors (Lipinski definition) is 3. The molecule has 0 aromatic carbocycles. The van der Waals surface area contributed by atoms with Crippen LogP contribution in [0.25, 0.3) is 0 Å². The minimum Gasteiger partial charge on any atom is -0.387 e. The molecule has 0 fully saturated rings. The van der Waals surface area contributed by atoms with Crippen molar-refractivity contribution >= 4 is 13.7 Å². The Hall–Kier alpha value is -1.54. The van der Waals surface area contributed by atoms with Gasteiger partial charge in [0.2, 0.25) is 5.91 Å². The van der Waals surface area contributed by atoms with E-state index in [4.69, 9.17) is 9.05 Å². The van der Waals surface area contributed by atoms with Gasteiger partial charge in [-0.05, 0) is 70.6 Å². The zero-order chi connectivity index (χ0) is 58.4. The fraction of sp³-hybridized carbons (Fsp3) is 0.873. The van der Waals surface area contributed by atoms with Gasteiger partial charge < -0.3 is 19.8 Å². The maximum absolute atomic E-state index is 13.0. The van der Waals surface area contributed by atoms with E-state index in [0.717, 1.165) is 44.9 Å². The summed E-state index contributed by atoms with van der Waals surface area (Å²) in [6, 6.07) is -0.871. The third-order valence-electron chi connectivity index (χ3n) is 16.0. The number of aliphatic hydroxyl groups is 1. The Bertz CT molecular complexity index is 1440. The molecule has 3 unspecified atom stereocenters. The van der Waals surface area contributed by atoms with Crippen LogP contribution < -0.4 is 5.32 Å². The summed E-state index contributed by atoms with van der Waals surface area (Å²) in [7, 11) is 1.56. The summed E-state index contributed by atoms with van der Waals surface area (Å²) in [6.45, 7) is 4.84. The maximum Gasteiger partial charge on any atom is 0.472 e. The average molecular weight is 1150 g/mol. The minimum atomic E-state index is -4.37. The van der Waals surface area contributed by atoms with E-state index in [1.54, 1.807) is 6.08 Å². The number of unbranched alkanes of at least 4 members (excludes halogenated alkanes) is 46. The van der Waals surface area contributed by atoms with Gasteiger partial charge in [0.15, 0.2) is 0 Å². The van der Waals surface area contributed by atoms with E-state index in [2.05, 4.69) is 55.6 Å². The molecule has 0 saturated heterocycles. The highest BCUT2D eigenvalue weighted by Gasteiger charge is 2.28. The lowest BCUT2D eigenvalue weighted by molar-refractivity contribution is -0.870. The number of aliphatic hydroxyl groups excluding tert-OH is 1. The number of amides is 1. The summed E-state index contributed by atoms with van der Waals surface area (Å²) >= 11 is 0.